The van der Waals surface area contributed by atoms with Crippen molar-refractivity contribution < 1.29 is 14.7 Å². The lowest BCUT2D eigenvalue weighted by molar-refractivity contribution is -0.123. The summed E-state index contributed by atoms with van der Waals surface area (Å²) in [6, 6.07) is 11.6. The minimum atomic E-state index is -0.441. The minimum Gasteiger partial charge on any atom is -0.507 e. The van der Waals surface area contributed by atoms with Gasteiger partial charge in [0.05, 0.1) is 11.4 Å². The number of amides is 2. The lowest BCUT2D eigenvalue weighted by atomic mass is 10.2. The Hall–Kier alpha value is -1.95. The Morgan fingerprint density at radius 1 is 1.04 bits per heavy atom. The fourth-order valence-corrected chi connectivity index (χ4v) is 3.57. The van der Waals surface area contributed by atoms with Crippen LogP contribution in [0.1, 0.15) is 11.1 Å². The van der Waals surface area contributed by atoms with E-state index in [2.05, 4.69) is 0 Å². The normalized spacial score (nSPS) is 16.2. The molecule has 1 fully saturated rings. The molecule has 0 bridgehead atoms. The number of thioether (sulfide) groups is 1. The molecule has 7 heteroatoms. The van der Waals surface area contributed by atoms with Gasteiger partial charge in [0.25, 0.3) is 11.1 Å². The molecular weight excluding hydrogens is 369 g/mol. The van der Waals surface area contributed by atoms with Crippen molar-refractivity contribution in [2.75, 3.05) is 0 Å². The number of nitrogens with zero attached hydrogens (tertiary/aromatic N) is 1. The van der Waals surface area contributed by atoms with Crippen molar-refractivity contribution in [3.8, 4) is 5.75 Å². The summed E-state index contributed by atoms with van der Waals surface area (Å²) in [7, 11) is 0. The number of carbonyl (C=O) groups excluding carboxylic acids is 2. The minimum absolute atomic E-state index is 0.00127. The quantitative estimate of drug-likeness (QED) is 0.767. The van der Waals surface area contributed by atoms with E-state index in [4.69, 9.17) is 23.2 Å². The molecule has 2 aromatic rings. The molecule has 0 spiro atoms. The monoisotopic (exact) mass is 379 g/mol. The van der Waals surface area contributed by atoms with E-state index >= 15 is 0 Å². The number of hydrogen-bond donors (Lipinski definition) is 1. The Kier molecular flexibility index (Phi) is 4.85. The summed E-state index contributed by atoms with van der Waals surface area (Å²) in [5.41, 5.74) is 0.991. The zero-order valence-electron chi connectivity index (χ0n) is 12.2. The van der Waals surface area contributed by atoms with Gasteiger partial charge in [0, 0.05) is 21.2 Å². The number of benzene rings is 2. The van der Waals surface area contributed by atoms with Crippen molar-refractivity contribution in [3.05, 3.63) is 68.5 Å². The molecule has 1 saturated heterocycles. The first kappa shape index (κ1) is 16.9. The first-order chi connectivity index (χ1) is 11.5. The fourth-order valence-electron chi connectivity index (χ4n) is 2.23. The molecule has 1 aliphatic heterocycles. The number of halogens is 2. The molecule has 1 aliphatic rings. The lowest BCUT2D eigenvalue weighted by Gasteiger charge is -2.14. The first-order valence-corrected chi connectivity index (χ1v) is 8.51. The molecule has 0 radical (unpaired) electrons. The molecule has 3 rings (SSSR count). The number of hydrogen-bond acceptors (Lipinski definition) is 4. The molecular formula is C17H11Cl2NO3S. The third-order valence-electron chi connectivity index (χ3n) is 3.47. The SMILES string of the molecule is O=C1S/C(=C\c2ccccc2O)C(=O)N1Cc1c(Cl)cccc1Cl. The second-order valence-corrected chi connectivity index (χ2v) is 6.83. The third kappa shape index (κ3) is 3.29. The number of phenols is 1. The number of para-hydroxylation sites is 1. The van der Waals surface area contributed by atoms with Crippen molar-refractivity contribution in [1.82, 2.24) is 4.90 Å². The number of phenolic OH excluding ortho intramolecular Hbond substituents is 1. The van der Waals surface area contributed by atoms with Gasteiger partial charge in [-0.05, 0) is 36.0 Å². The van der Waals surface area contributed by atoms with Gasteiger partial charge >= 0.3 is 0 Å². The zero-order chi connectivity index (χ0) is 17.3. The highest BCUT2D eigenvalue weighted by Gasteiger charge is 2.35. The summed E-state index contributed by atoms with van der Waals surface area (Å²) >= 11 is 13.0. The molecule has 4 nitrogen and oxygen atoms in total. The number of rotatable bonds is 3. The second-order valence-electron chi connectivity index (χ2n) is 5.03. The Labute approximate surface area is 152 Å². The maximum Gasteiger partial charge on any atom is 0.293 e. The molecule has 0 saturated carbocycles. The van der Waals surface area contributed by atoms with Gasteiger partial charge in [-0.15, -0.1) is 0 Å². The molecule has 1 N–H and O–H groups in total. The summed E-state index contributed by atoms with van der Waals surface area (Å²) < 4.78 is 0. The Bertz CT molecular complexity index is 846. The Balaban J connectivity index is 1.89. The van der Waals surface area contributed by atoms with Crippen molar-refractivity contribution in [1.29, 1.82) is 0 Å². The van der Waals surface area contributed by atoms with Gasteiger partial charge in [-0.1, -0.05) is 47.5 Å². The molecule has 122 valence electrons. The van der Waals surface area contributed by atoms with Crippen LogP contribution in [0.5, 0.6) is 5.75 Å². The Morgan fingerprint density at radius 2 is 1.71 bits per heavy atom. The van der Waals surface area contributed by atoms with E-state index in [-0.39, 0.29) is 17.2 Å². The van der Waals surface area contributed by atoms with Gasteiger partial charge in [0.1, 0.15) is 5.75 Å². The molecule has 2 amide bonds. The van der Waals surface area contributed by atoms with Crippen molar-refractivity contribution in [2.24, 2.45) is 0 Å². The highest BCUT2D eigenvalue weighted by molar-refractivity contribution is 8.18. The summed E-state index contributed by atoms with van der Waals surface area (Å²) in [4.78, 5) is 26.0. The van der Waals surface area contributed by atoms with Crippen LogP contribution in [-0.4, -0.2) is 21.2 Å². The maximum absolute atomic E-state index is 12.5. The van der Waals surface area contributed by atoms with Crippen molar-refractivity contribution in [2.45, 2.75) is 6.54 Å². The molecule has 2 aromatic carbocycles. The zero-order valence-corrected chi connectivity index (χ0v) is 14.5. The largest absolute Gasteiger partial charge is 0.507 e. The van der Waals surface area contributed by atoms with E-state index in [9.17, 15) is 14.7 Å². The van der Waals surface area contributed by atoms with E-state index < -0.39 is 11.1 Å². The van der Waals surface area contributed by atoms with Crippen LogP contribution >= 0.6 is 35.0 Å². The first-order valence-electron chi connectivity index (χ1n) is 6.93. The topological polar surface area (TPSA) is 57.6 Å². The number of aromatic hydroxyl groups is 1. The van der Waals surface area contributed by atoms with Gasteiger partial charge in [-0.3, -0.25) is 14.5 Å². The average molecular weight is 380 g/mol. The van der Waals surface area contributed by atoms with Gasteiger partial charge in [0.15, 0.2) is 0 Å². The van der Waals surface area contributed by atoms with Crippen LogP contribution in [0, 0.1) is 0 Å². The van der Waals surface area contributed by atoms with Gasteiger partial charge in [-0.25, -0.2) is 0 Å². The lowest BCUT2D eigenvalue weighted by Crippen LogP contribution is -2.27. The smallest absolute Gasteiger partial charge is 0.293 e. The molecule has 0 unspecified atom stereocenters. The summed E-state index contributed by atoms with van der Waals surface area (Å²) in [6.45, 7) is 0.00127. The predicted molar refractivity (Wildman–Crippen MR) is 96.1 cm³/mol. The fraction of sp³-hybridized carbons (Fsp3) is 0.0588. The van der Waals surface area contributed by atoms with Crippen LogP contribution in [0.25, 0.3) is 6.08 Å². The molecule has 1 heterocycles. The van der Waals surface area contributed by atoms with Crippen molar-refractivity contribution >= 4 is 52.2 Å². The van der Waals surface area contributed by atoms with Crippen LogP contribution in [0.4, 0.5) is 4.79 Å². The van der Waals surface area contributed by atoms with E-state index in [1.54, 1.807) is 36.4 Å². The van der Waals surface area contributed by atoms with E-state index in [0.717, 1.165) is 16.7 Å². The second kappa shape index (κ2) is 6.89. The third-order valence-corrected chi connectivity index (χ3v) is 5.09. The summed E-state index contributed by atoms with van der Waals surface area (Å²) in [5, 5.41) is 10.2. The number of imide groups is 1. The van der Waals surface area contributed by atoms with Gasteiger partial charge in [0.2, 0.25) is 0 Å². The highest BCUT2D eigenvalue weighted by atomic mass is 35.5. The van der Waals surface area contributed by atoms with Crippen LogP contribution in [0.15, 0.2) is 47.4 Å². The maximum atomic E-state index is 12.5. The predicted octanol–water partition coefficient (Wildman–Crippen LogP) is 4.94. The van der Waals surface area contributed by atoms with Gasteiger partial charge in [-0.2, -0.15) is 0 Å². The Morgan fingerprint density at radius 3 is 2.38 bits per heavy atom. The van der Waals surface area contributed by atoms with Gasteiger partial charge < -0.3 is 5.11 Å². The standard InChI is InChI=1S/C17H11Cl2NO3S/c18-12-5-3-6-13(19)11(12)9-20-16(22)15(24-17(20)23)8-10-4-1-2-7-14(10)21/h1-8,21H,9H2/b15-8-. The molecule has 0 aromatic heterocycles. The molecule has 0 atom stereocenters. The van der Waals surface area contributed by atoms with Crippen LogP contribution in [-0.2, 0) is 11.3 Å². The van der Waals surface area contributed by atoms with Crippen LogP contribution < -0.4 is 0 Å². The van der Waals surface area contributed by atoms with E-state index in [1.165, 1.54) is 12.1 Å². The van der Waals surface area contributed by atoms with Crippen LogP contribution in [0.3, 0.4) is 0 Å². The van der Waals surface area contributed by atoms with Crippen molar-refractivity contribution in [3.63, 3.8) is 0 Å². The van der Waals surface area contributed by atoms with Crippen LogP contribution in [0.2, 0.25) is 10.0 Å². The highest BCUT2D eigenvalue weighted by Crippen LogP contribution is 2.36. The summed E-state index contributed by atoms with van der Waals surface area (Å²) in [5.74, 6) is -0.400. The van der Waals surface area contributed by atoms with E-state index in [0.29, 0.717) is 21.2 Å². The number of carbonyl (C=O) groups is 2. The van der Waals surface area contributed by atoms with E-state index in [1.807, 2.05) is 0 Å². The molecule has 0 aliphatic carbocycles. The molecule has 24 heavy (non-hydrogen) atoms. The average Bonchev–Trinajstić information content (AvgIpc) is 2.80. The summed E-state index contributed by atoms with van der Waals surface area (Å²) in [6.07, 6.45) is 1.49.